The number of hydrogen-bond acceptors (Lipinski definition) is 7. The Hall–Kier alpha value is -1.96. The van der Waals surface area contributed by atoms with E-state index in [1.165, 1.54) is 5.56 Å². The second-order valence-corrected chi connectivity index (χ2v) is 8.43. The number of likely N-dealkylation sites (N-methyl/N-ethyl adjacent to an activating group) is 2. The van der Waals surface area contributed by atoms with Crippen LogP contribution in [0, 0.1) is 0 Å². The summed E-state index contributed by atoms with van der Waals surface area (Å²) in [6, 6.07) is 10.5. The molecule has 0 N–H and O–H groups in total. The van der Waals surface area contributed by atoms with Gasteiger partial charge in [0.05, 0.1) is 0 Å². The number of hydrogen-bond donors (Lipinski definition) is 0. The second kappa shape index (κ2) is 21.6. The Bertz CT molecular complexity index is 586. The van der Waals surface area contributed by atoms with E-state index in [1.54, 1.807) is 0 Å². The Labute approximate surface area is 208 Å². The number of carbonyl (C=O) groups is 2. The van der Waals surface area contributed by atoms with Gasteiger partial charge in [-0.25, -0.2) is 0 Å². The number of benzene rings is 1. The van der Waals surface area contributed by atoms with E-state index in [-0.39, 0.29) is 11.9 Å². The van der Waals surface area contributed by atoms with Gasteiger partial charge in [0.25, 0.3) is 0 Å². The van der Waals surface area contributed by atoms with Crippen molar-refractivity contribution in [3.05, 3.63) is 35.9 Å². The van der Waals surface area contributed by atoms with Crippen LogP contribution in [0.15, 0.2) is 30.3 Å². The molecule has 0 bridgehead atoms. The fourth-order valence-electron chi connectivity index (χ4n) is 3.29. The molecule has 0 radical (unpaired) electrons. The molecule has 196 valence electrons. The van der Waals surface area contributed by atoms with Gasteiger partial charge in [-0.15, -0.1) is 0 Å². The molecule has 0 aliphatic heterocycles. The highest BCUT2D eigenvalue weighted by Gasteiger charge is 2.08. The summed E-state index contributed by atoms with van der Waals surface area (Å²) in [6.07, 6.45) is 2.06. The van der Waals surface area contributed by atoms with Crippen LogP contribution in [-0.4, -0.2) is 93.2 Å². The van der Waals surface area contributed by atoms with Crippen LogP contribution in [0.3, 0.4) is 0 Å². The lowest BCUT2D eigenvalue weighted by atomic mass is 10.2. The minimum Gasteiger partial charge on any atom is -0.464 e. The summed E-state index contributed by atoms with van der Waals surface area (Å²) in [5.74, 6) is -0.367. The Balaban J connectivity index is 0.000000896. The van der Waals surface area contributed by atoms with Gasteiger partial charge in [-0.05, 0) is 58.7 Å². The number of unbranched alkanes of at least 4 members (excludes halogenated alkanes) is 1. The van der Waals surface area contributed by atoms with Crippen molar-refractivity contribution in [2.45, 2.75) is 59.9 Å². The van der Waals surface area contributed by atoms with Crippen molar-refractivity contribution < 1.29 is 19.1 Å². The molecule has 7 nitrogen and oxygen atoms in total. The highest BCUT2D eigenvalue weighted by Crippen LogP contribution is 2.03. The fourth-order valence-corrected chi connectivity index (χ4v) is 3.29. The van der Waals surface area contributed by atoms with Crippen LogP contribution in [0.2, 0.25) is 0 Å². The first kappa shape index (κ1) is 32.0. The molecule has 1 aromatic rings. The molecule has 0 atom stereocenters. The molecule has 0 aromatic heterocycles. The van der Waals surface area contributed by atoms with E-state index in [1.807, 2.05) is 6.07 Å². The van der Waals surface area contributed by atoms with Crippen molar-refractivity contribution in [1.82, 2.24) is 14.7 Å². The smallest absolute Gasteiger partial charge is 0.305 e. The number of rotatable bonds is 17. The van der Waals surface area contributed by atoms with Gasteiger partial charge in [0.1, 0.15) is 13.2 Å². The average Bonchev–Trinajstić information content (AvgIpc) is 2.83. The molecule has 1 aromatic carbocycles. The summed E-state index contributed by atoms with van der Waals surface area (Å²) in [6.45, 7) is 15.7. The topological polar surface area (TPSA) is 62.3 Å². The van der Waals surface area contributed by atoms with Gasteiger partial charge in [-0.2, -0.15) is 0 Å². The summed E-state index contributed by atoms with van der Waals surface area (Å²) in [7, 11) is 4.15. The highest BCUT2D eigenvalue weighted by atomic mass is 16.5. The zero-order valence-corrected chi connectivity index (χ0v) is 22.6. The molecule has 34 heavy (non-hydrogen) atoms. The van der Waals surface area contributed by atoms with Crippen molar-refractivity contribution in [3.63, 3.8) is 0 Å². The molecular weight excluding hydrogens is 430 g/mol. The molecule has 0 aliphatic rings. The van der Waals surface area contributed by atoms with Crippen molar-refractivity contribution >= 4 is 11.9 Å². The van der Waals surface area contributed by atoms with Gasteiger partial charge in [-0.1, -0.05) is 58.0 Å². The SMILES string of the molecule is CCN(CC)CCOC(=O)CCCCC(=O)OCCN(CC)CC.CN(C)Cc1ccccc1. The van der Waals surface area contributed by atoms with E-state index in [4.69, 9.17) is 9.47 Å². The van der Waals surface area contributed by atoms with Crippen LogP contribution in [0.25, 0.3) is 0 Å². The molecule has 0 heterocycles. The van der Waals surface area contributed by atoms with E-state index in [2.05, 4.69) is 80.8 Å². The molecule has 0 spiro atoms. The molecule has 1 rings (SSSR count). The van der Waals surface area contributed by atoms with Crippen LogP contribution in [0.5, 0.6) is 0 Å². The Morgan fingerprint density at radius 3 is 1.47 bits per heavy atom. The molecule has 0 aliphatic carbocycles. The zero-order valence-electron chi connectivity index (χ0n) is 22.6. The predicted octanol–water partition coefficient (Wildman–Crippen LogP) is 4.07. The molecule has 0 amide bonds. The predicted molar refractivity (Wildman–Crippen MR) is 140 cm³/mol. The van der Waals surface area contributed by atoms with Crippen LogP contribution in [0.4, 0.5) is 0 Å². The molecule has 0 unspecified atom stereocenters. The summed E-state index contributed by atoms with van der Waals surface area (Å²) in [5.41, 5.74) is 1.37. The lowest BCUT2D eigenvalue weighted by molar-refractivity contribution is -0.146. The van der Waals surface area contributed by atoms with Crippen molar-refractivity contribution in [3.8, 4) is 0 Å². The van der Waals surface area contributed by atoms with Crippen molar-refractivity contribution in [1.29, 1.82) is 0 Å². The number of carbonyl (C=O) groups excluding carboxylic acids is 2. The number of ether oxygens (including phenoxy) is 2. The van der Waals surface area contributed by atoms with Gasteiger partial charge in [0.15, 0.2) is 0 Å². The highest BCUT2D eigenvalue weighted by molar-refractivity contribution is 5.70. The zero-order chi connectivity index (χ0) is 25.6. The second-order valence-electron chi connectivity index (χ2n) is 8.43. The standard InChI is InChI=1S/C18H36N2O4.C9H13N/c1-5-19(6-2)13-15-23-17(21)11-9-10-12-18(22)24-16-14-20(7-3)8-4;1-10(2)8-9-6-4-3-5-7-9/h5-16H2,1-4H3;3-7H,8H2,1-2H3. The van der Waals surface area contributed by atoms with E-state index in [9.17, 15) is 9.59 Å². The first-order valence-electron chi connectivity index (χ1n) is 12.8. The quantitative estimate of drug-likeness (QED) is 0.247. The largest absolute Gasteiger partial charge is 0.464 e. The molecule has 0 saturated carbocycles. The average molecular weight is 480 g/mol. The third-order valence-electron chi connectivity index (χ3n) is 5.48. The third-order valence-corrected chi connectivity index (χ3v) is 5.48. The third kappa shape index (κ3) is 18.5. The minimum absolute atomic E-state index is 0.183. The first-order chi connectivity index (χ1) is 16.4. The maximum Gasteiger partial charge on any atom is 0.305 e. The van der Waals surface area contributed by atoms with Crippen molar-refractivity contribution in [2.24, 2.45) is 0 Å². The van der Waals surface area contributed by atoms with E-state index in [0.717, 1.165) is 45.8 Å². The van der Waals surface area contributed by atoms with Gasteiger partial charge < -0.3 is 24.2 Å². The summed E-state index contributed by atoms with van der Waals surface area (Å²) < 4.78 is 10.4. The van der Waals surface area contributed by atoms with E-state index in [0.29, 0.717) is 38.9 Å². The van der Waals surface area contributed by atoms with Crippen LogP contribution < -0.4 is 0 Å². The number of nitrogens with zero attached hydrogens (tertiary/aromatic N) is 3. The van der Waals surface area contributed by atoms with Gasteiger partial charge in [0, 0.05) is 32.5 Å². The maximum atomic E-state index is 11.6. The monoisotopic (exact) mass is 479 g/mol. The molecule has 0 fully saturated rings. The lowest BCUT2D eigenvalue weighted by Crippen LogP contribution is -2.28. The summed E-state index contributed by atoms with van der Waals surface area (Å²) in [4.78, 5) is 29.8. The fraction of sp³-hybridized carbons (Fsp3) is 0.704. The van der Waals surface area contributed by atoms with Crippen LogP contribution >= 0.6 is 0 Å². The molecule has 7 heteroatoms. The minimum atomic E-state index is -0.183. The molecular formula is C27H49N3O4. The first-order valence-corrected chi connectivity index (χ1v) is 12.8. The maximum absolute atomic E-state index is 11.6. The van der Waals surface area contributed by atoms with Gasteiger partial charge >= 0.3 is 11.9 Å². The van der Waals surface area contributed by atoms with Crippen molar-refractivity contribution in [2.75, 3.05) is 66.6 Å². The van der Waals surface area contributed by atoms with E-state index < -0.39 is 0 Å². The normalized spacial score (nSPS) is 10.9. The lowest BCUT2D eigenvalue weighted by Gasteiger charge is -2.17. The Morgan fingerprint density at radius 1 is 0.706 bits per heavy atom. The summed E-state index contributed by atoms with van der Waals surface area (Å²) >= 11 is 0. The van der Waals surface area contributed by atoms with Crippen LogP contribution in [-0.2, 0) is 25.6 Å². The Morgan fingerprint density at radius 2 is 1.12 bits per heavy atom. The van der Waals surface area contributed by atoms with Gasteiger partial charge in [0.2, 0.25) is 0 Å². The molecule has 0 saturated heterocycles. The Kier molecular flexibility index (Phi) is 20.3. The summed E-state index contributed by atoms with van der Waals surface area (Å²) in [5, 5.41) is 0. The number of esters is 2. The van der Waals surface area contributed by atoms with E-state index >= 15 is 0 Å². The van der Waals surface area contributed by atoms with Crippen LogP contribution in [0.1, 0.15) is 58.9 Å². The van der Waals surface area contributed by atoms with Gasteiger partial charge in [-0.3, -0.25) is 9.59 Å².